The second-order valence-corrected chi connectivity index (χ2v) is 6.85. The molecule has 0 saturated heterocycles. The molecular weight excluding hydrogens is 385 g/mol. The van der Waals surface area contributed by atoms with Gasteiger partial charge in [0.1, 0.15) is 5.82 Å². The Morgan fingerprint density at radius 3 is 2.67 bits per heavy atom. The number of aliphatic hydroxyl groups is 1. The lowest BCUT2D eigenvalue weighted by Crippen LogP contribution is -2.20. The number of carbonyl (C=O) groups excluding carboxylic acids is 1. The number of aliphatic hydroxyl groups excluding tert-OH is 1. The second kappa shape index (κ2) is 8.30. The smallest absolute Gasteiger partial charge is 0.323 e. The van der Waals surface area contributed by atoms with E-state index in [2.05, 4.69) is 20.7 Å². The quantitative estimate of drug-likeness (QED) is 0.464. The minimum atomic E-state index is -0.527. The first kappa shape index (κ1) is 19.5. The molecule has 7 nitrogen and oxygen atoms in total. The van der Waals surface area contributed by atoms with Crippen molar-refractivity contribution in [2.24, 2.45) is 0 Å². The summed E-state index contributed by atoms with van der Waals surface area (Å²) in [6.45, 7) is 2.22. The number of pyridine rings is 1. The minimum absolute atomic E-state index is 0.00408. The normalized spacial score (nSPS) is 10.9. The summed E-state index contributed by atoms with van der Waals surface area (Å²) in [4.78, 5) is 16.5. The average Bonchev–Trinajstić information content (AvgIpc) is 3.15. The third-order valence-corrected chi connectivity index (χ3v) is 4.71. The molecule has 0 aliphatic heterocycles. The molecule has 0 bridgehead atoms. The number of fused-ring (bicyclic) bond motifs is 1. The van der Waals surface area contributed by atoms with Gasteiger partial charge in [0.25, 0.3) is 0 Å². The molecule has 4 aromatic rings. The number of carbonyl (C=O) groups is 1. The summed E-state index contributed by atoms with van der Waals surface area (Å²) < 4.78 is 15.5. The Balaban J connectivity index is 1.51. The molecule has 2 heterocycles. The predicted octanol–water partition coefficient (Wildman–Crippen LogP) is 4.18. The molecule has 0 radical (unpaired) electrons. The van der Waals surface area contributed by atoms with Crippen molar-refractivity contribution in [1.29, 1.82) is 0 Å². The molecule has 30 heavy (non-hydrogen) atoms. The highest BCUT2D eigenvalue weighted by Gasteiger charge is 2.11. The summed E-state index contributed by atoms with van der Waals surface area (Å²) in [6, 6.07) is 11.3. The molecule has 0 atom stereocenters. The van der Waals surface area contributed by atoms with Gasteiger partial charge in [0.2, 0.25) is 0 Å². The fourth-order valence-corrected chi connectivity index (χ4v) is 3.25. The maximum atomic E-state index is 13.8. The zero-order valence-electron chi connectivity index (χ0n) is 16.3. The second-order valence-electron chi connectivity index (χ2n) is 6.85. The van der Waals surface area contributed by atoms with E-state index in [0.717, 1.165) is 27.6 Å². The van der Waals surface area contributed by atoms with Crippen LogP contribution in [0.25, 0.3) is 22.0 Å². The van der Waals surface area contributed by atoms with E-state index in [1.165, 1.54) is 6.07 Å². The maximum Gasteiger partial charge on any atom is 0.323 e. The Labute approximate surface area is 172 Å². The number of nitrogens with one attached hydrogen (secondary N) is 2. The lowest BCUT2D eigenvalue weighted by Gasteiger charge is -2.10. The highest BCUT2D eigenvalue weighted by atomic mass is 19.1. The number of aromatic nitrogens is 3. The SMILES string of the molecule is Cc1ccc(F)c(NC(=O)Nc2ccc(-c3cncc4c3cnn4CCO)cc2)c1. The number of benzene rings is 2. The Bertz CT molecular complexity index is 1200. The fraction of sp³-hybridized carbons (Fsp3) is 0.136. The van der Waals surface area contributed by atoms with E-state index in [4.69, 9.17) is 5.11 Å². The molecule has 4 rings (SSSR count). The first-order chi connectivity index (χ1) is 14.5. The van der Waals surface area contributed by atoms with Crippen molar-refractivity contribution in [3.63, 3.8) is 0 Å². The van der Waals surface area contributed by atoms with E-state index >= 15 is 0 Å². The highest BCUT2D eigenvalue weighted by molar-refractivity contribution is 6.00. The van der Waals surface area contributed by atoms with Gasteiger partial charge in [0, 0.05) is 22.8 Å². The van der Waals surface area contributed by atoms with E-state index in [9.17, 15) is 9.18 Å². The standard InChI is InChI=1S/C22H20FN5O2/c1-14-2-7-19(23)20(10-14)27-22(30)26-16-5-3-15(4-6-16)17-11-24-13-21-18(17)12-25-28(21)8-9-29/h2-7,10-13,29H,8-9H2,1H3,(H2,26,27,30). The minimum Gasteiger partial charge on any atom is -0.394 e. The topological polar surface area (TPSA) is 92.1 Å². The molecule has 0 saturated carbocycles. The van der Waals surface area contributed by atoms with Crippen LogP contribution in [0.1, 0.15) is 5.56 Å². The number of hydrogen-bond acceptors (Lipinski definition) is 4. The Kier molecular flexibility index (Phi) is 5.40. The molecule has 0 aliphatic carbocycles. The number of rotatable bonds is 5. The number of hydrogen-bond donors (Lipinski definition) is 3. The van der Waals surface area contributed by atoms with Crippen molar-refractivity contribution in [2.75, 3.05) is 17.2 Å². The average molecular weight is 405 g/mol. The number of amides is 2. The van der Waals surface area contributed by atoms with Gasteiger partial charge in [-0.05, 0) is 42.3 Å². The monoisotopic (exact) mass is 405 g/mol. The Morgan fingerprint density at radius 1 is 1.10 bits per heavy atom. The summed E-state index contributed by atoms with van der Waals surface area (Å²) in [7, 11) is 0. The van der Waals surface area contributed by atoms with Crippen molar-refractivity contribution in [3.05, 3.63) is 72.4 Å². The summed E-state index contributed by atoms with van der Waals surface area (Å²) >= 11 is 0. The van der Waals surface area contributed by atoms with Crippen LogP contribution in [0.15, 0.2) is 61.1 Å². The summed E-state index contributed by atoms with van der Waals surface area (Å²) in [5.74, 6) is -0.492. The highest BCUT2D eigenvalue weighted by Crippen LogP contribution is 2.28. The predicted molar refractivity (Wildman–Crippen MR) is 114 cm³/mol. The van der Waals surface area contributed by atoms with Crippen LogP contribution in [0.4, 0.5) is 20.6 Å². The molecule has 0 fully saturated rings. The van der Waals surface area contributed by atoms with Gasteiger partial charge in [-0.1, -0.05) is 18.2 Å². The van der Waals surface area contributed by atoms with Gasteiger partial charge in [-0.3, -0.25) is 9.67 Å². The lowest BCUT2D eigenvalue weighted by molar-refractivity contribution is 0.262. The van der Waals surface area contributed by atoms with Crippen molar-refractivity contribution >= 4 is 28.3 Å². The van der Waals surface area contributed by atoms with Crippen LogP contribution in [-0.4, -0.2) is 32.5 Å². The van der Waals surface area contributed by atoms with Gasteiger partial charge in [0.15, 0.2) is 0 Å². The van der Waals surface area contributed by atoms with E-state index in [-0.39, 0.29) is 12.3 Å². The largest absolute Gasteiger partial charge is 0.394 e. The maximum absolute atomic E-state index is 13.8. The van der Waals surface area contributed by atoms with Crippen LogP contribution >= 0.6 is 0 Å². The summed E-state index contributed by atoms with van der Waals surface area (Å²) in [5, 5.41) is 19.6. The molecule has 3 N–H and O–H groups in total. The molecule has 0 unspecified atom stereocenters. The van der Waals surface area contributed by atoms with Crippen LogP contribution in [0.2, 0.25) is 0 Å². The number of anilines is 2. The summed E-state index contributed by atoms with van der Waals surface area (Å²) in [5.41, 5.74) is 4.19. The third kappa shape index (κ3) is 3.99. The van der Waals surface area contributed by atoms with Crippen molar-refractivity contribution in [1.82, 2.24) is 14.8 Å². The van der Waals surface area contributed by atoms with Crippen molar-refractivity contribution in [3.8, 4) is 11.1 Å². The molecule has 0 aliphatic rings. The molecule has 8 heteroatoms. The van der Waals surface area contributed by atoms with Gasteiger partial charge in [-0.15, -0.1) is 0 Å². The number of halogens is 1. The van der Waals surface area contributed by atoms with Crippen molar-refractivity contribution < 1.29 is 14.3 Å². The Hall–Kier alpha value is -3.78. The van der Waals surface area contributed by atoms with E-state index in [0.29, 0.717) is 12.2 Å². The first-order valence-electron chi connectivity index (χ1n) is 9.40. The van der Waals surface area contributed by atoms with Crippen LogP contribution < -0.4 is 10.6 Å². The van der Waals surface area contributed by atoms with Gasteiger partial charge in [-0.25, -0.2) is 9.18 Å². The van der Waals surface area contributed by atoms with Crippen LogP contribution in [0.5, 0.6) is 0 Å². The van der Waals surface area contributed by atoms with E-state index < -0.39 is 11.8 Å². The zero-order chi connectivity index (χ0) is 21.1. The van der Waals surface area contributed by atoms with Gasteiger partial charge in [-0.2, -0.15) is 5.10 Å². The van der Waals surface area contributed by atoms with E-state index in [1.807, 2.05) is 19.1 Å². The summed E-state index contributed by atoms with van der Waals surface area (Å²) in [6.07, 6.45) is 5.22. The first-order valence-corrected chi connectivity index (χ1v) is 9.40. The van der Waals surface area contributed by atoms with Crippen LogP contribution in [-0.2, 0) is 6.54 Å². The van der Waals surface area contributed by atoms with Crippen LogP contribution in [0, 0.1) is 12.7 Å². The molecule has 2 aromatic carbocycles. The number of aryl methyl sites for hydroxylation is 1. The van der Waals surface area contributed by atoms with Crippen molar-refractivity contribution in [2.45, 2.75) is 13.5 Å². The fourth-order valence-electron chi connectivity index (χ4n) is 3.25. The Morgan fingerprint density at radius 2 is 1.90 bits per heavy atom. The van der Waals surface area contributed by atoms with Gasteiger partial charge in [0.05, 0.1) is 36.7 Å². The number of urea groups is 1. The number of nitrogens with zero attached hydrogens (tertiary/aromatic N) is 3. The molecule has 2 amide bonds. The van der Waals surface area contributed by atoms with Gasteiger partial charge >= 0.3 is 6.03 Å². The lowest BCUT2D eigenvalue weighted by atomic mass is 10.0. The molecular formula is C22H20FN5O2. The molecule has 0 spiro atoms. The molecule has 152 valence electrons. The van der Waals surface area contributed by atoms with Gasteiger partial charge < -0.3 is 15.7 Å². The third-order valence-electron chi connectivity index (χ3n) is 4.71. The van der Waals surface area contributed by atoms with E-state index in [1.54, 1.807) is 47.5 Å². The zero-order valence-corrected chi connectivity index (χ0v) is 16.3. The molecule has 2 aromatic heterocycles. The van der Waals surface area contributed by atoms with Crippen LogP contribution in [0.3, 0.4) is 0 Å².